The average molecular weight is 351 g/mol. The van der Waals surface area contributed by atoms with Crippen molar-refractivity contribution in [2.24, 2.45) is 0 Å². The lowest BCUT2D eigenvalue weighted by atomic mass is 10.2. The fraction of sp³-hybridized carbons (Fsp3) is 0.188. The molecule has 0 saturated heterocycles. The minimum absolute atomic E-state index is 0.111. The molecule has 0 aliphatic rings. The lowest BCUT2D eigenvalue weighted by molar-refractivity contribution is -0.119. The summed E-state index contributed by atoms with van der Waals surface area (Å²) >= 11 is 3.43. The molecule has 0 bridgehead atoms. The van der Waals surface area contributed by atoms with Gasteiger partial charge in [-0.1, -0.05) is 28.1 Å². The fourth-order valence-corrected chi connectivity index (χ4v) is 2.05. The summed E-state index contributed by atoms with van der Waals surface area (Å²) in [7, 11) is 0. The molecule has 0 spiro atoms. The first-order valence-corrected chi connectivity index (χ1v) is 7.35. The number of hydrogen-bond donors (Lipinski definition) is 2. The lowest BCUT2D eigenvalue weighted by Gasteiger charge is -2.09. The van der Waals surface area contributed by atoms with Crippen LogP contribution >= 0.6 is 15.9 Å². The van der Waals surface area contributed by atoms with E-state index >= 15 is 0 Å². The molecule has 3 nitrogen and oxygen atoms in total. The van der Waals surface area contributed by atoms with Gasteiger partial charge in [0.2, 0.25) is 5.91 Å². The summed E-state index contributed by atoms with van der Waals surface area (Å²) < 4.78 is 13.8. The van der Waals surface area contributed by atoms with E-state index in [9.17, 15) is 9.18 Å². The van der Waals surface area contributed by atoms with Crippen molar-refractivity contribution in [3.8, 4) is 0 Å². The number of amides is 1. The van der Waals surface area contributed by atoms with Crippen LogP contribution in [0.4, 0.5) is 10.1 Å². The van der Waals surface area contributed by atoms with Crippen LogP contribution in [0.5, 0.6) is 0 Å². The summed E-state index contributed by atoms with van der Waals surface area (Å²) in [6, 6.07) is 11.9. The van der Waals surface area contributed by atoms with Crippen molar-refractivity contribution in [1.82, 2.24) is 5.32 Å². The topological polar surface area (TPSA) is 41.1 Å². The second kappa shape index (κ2) is 7.22. The van der Waals surface area contributed by atoms with Gasteiger partial charge in [-0.15, -0.1) is 0 Å². The first-order valence-electron chi connectivity index (χ1n) is 6.56. The molecule has 0 unspecified atom stereocenters. The number of anilines is 1. The van der Waals surface area contributed by atoms with Gasteiger partial charge in [0.25, 0.3) is 0 Å². The number of nitrogens with one attached hydrogen (secondary N) is 2. The molecule has 2 aromatic rings. The van der Waals surface area contributed by atoms with Crippen molar-refractivity contribution in [3.05, 3.63) is 63.9 Å². The SMILES string of the molecule is Cc1cc(NCC(=O)NCc2ccc(F)cc2)ccc1Br. The number of carbonyl (C=O) groups excluding carboxylic acids is 1. The van der Waals surface area contributed by atoms with Gasteiger partial charge in [0.15, 0.2) is 0 Å². The Kier molecular flexibility index (Phi) is 5.33. The number of halogens is 2. The van der Waals surface area contributed by atoms with Crippen molar-refractivity contribution in [3.63, 3.8) is 0 Å². The van der Waals surface area contributed by atoms with Gasteiger partial charge in [-0.2, -0.15) is 0 Å². The maximum atomic E-state index is 12.8. The van der Waals surface area contributed by atoms with E-state index in [0.29, 0.717) is 6.54 Å². The molecular formula is C16H16BrFN2O. The second-order valence-corrected chi connectivity index (χ2v) is 5.58. The third kappa shape index (κ3) is 4.86. The third-order valence-corrected chi connectivity index (χ3v) is 3.90. The highest BCUT2D eigenvalue weighted by molar-refractivity contribution is 9.10. The summed E-state index contributed by atoms with van der Waals surface area (Å²) in [6.45, 7) is 2.58. The Labute approximate surface area is 131 Å². The summed E-state index contributed by atoms with van der Waals surface area (Å²) in [5, 5.41) is 5.85. The molecule has 0 aliphatic heterocycles. The number of hydrogen-bond acceptors (Lipinski definition) is 2. The van der Waals surface area contributed by atoms with Crippen LogP contribution in [0.25, 0.3) is 0 Å². The summed E-state index contributed by atoms with van der Waals surface area (Å²) in [4.78, 5) is 11.8. The number of rotatable bonds is 5. The van der Waals surface area contributed by atoms with Crippen LogP contribution in [-0.2, 0) is 11.3 Å². The predicted octanol–water partition coefficient (Wildman–Crippen LogP) is 3.62. The lowest BCUT2D eigenvalue weighted by Crippen LogP contribution is -2.29. The number of aryl methyl sites for hydroxylation is 1. The summed E-state index contributed by atoms with van der Waals surface area (Å²) in [6.07, 6.45) is 0. The zero-order valence-corrected chi connectivity index (χ0v) is 13.2. The van der Waals surface area contributed by atoms with Crippen molar-refractivity contribution in [1.29, 1.82) is 0 Å². The Morgan fingerprint density at radius 3 is 2.57 bits per heavy atom. The van der Waals surface area contributed by atoms with Gasteiger partial charge in [-0.3, -0.25) is 4.79 Å². The highest BCUT2D eigenvalue weighted by atomic mass is 79.9. The third-order valence-electron chi connectivity index (χ3n) is 3.01. The molecule has 21 heavy (non-hydrogen) atoms. The van der Waals surface area contributed by atoms with Crippen LogP contribution in [0.3, 0.4) is 0 Å². The molecule has 0 aromatic heterocycles. The van der Waals surface area contributed by atoms with E-state index in [1.807, 2.05) is 25.1 Å². The molecule has 0 atom stereocenters. The molecule has 0 radical (unpaired) electrons. The van der Waals surface area contributed by atoms with Crippen molar-refractivity contribution in [2.45, 2.75) is 13.5 Å². The molecule has 0 heterocycles. The molecule has 2 aromatic carbocycles. The number of benzene rings is 2. The summed E-state index contributed by atoms with van der Waals surface area (Å²) in [5.41, 5.74) is 2.86. The highest BCUT2D eigenvalue weighted by Gasteiger charge is 2.03. The maximum absolute atomic E-state index is 12.8. The van der Waals surface area contributed by atoms with Crippen molar-refractivity contribution >= 4 is 27.5 Å². The fourth-order valence-electron chi connectivity index (χ4n) is 1.80. The van der Waals surface area contributed by atoms with E-state index in [4.69, 9.17) is 0 Å². The zero-order chi connectivity index (χ0) is 15.2. The van der Waals surface area contributed by atoms with Gasteiger partial charge < -0.3 is 10.6 Å². The predicted molar refractivity (Wildman–Crippen MR) is 85.6 cm³/mol. The minimum atomic E-state index is -0.280. The van der Waals surface area contributed by atoms with Crippen molar-refractivity contribution < 1.29 is 9.18 Å². The molecule has 0 fully saturated rings. The molecule has 0 saturated carbocycles. The van der Waals surface area contributed by atoms with E-state index in [-0.39, 0.29) is 18.3 Å². The smallest absolute Gasteiger partial charge is 0.239 e. The van der Waals surface area contributed by atoms with E-state index in [0.717, 1.165) is 21.3 Å². The standard InChI is InChI=1S/C16H16BrFN2O/c1-11-8-14(6-7-15(11)17)19-10-16(21)20-9-12-2-4-13(18)5-3-12/h2-8,19H,9-10H2,1H3,(H,20,21). The monoisotopic (exact) mass is 350 g/mol. The van der Waals surface area contributed by atoms with Crippen LogP contribution in [0.2, 0.25) is 0 Å². The van der Waals surface area contributed by atoms with Gasteiger partial charge in [-0.05, 0) is 48.4 Å². The first kappa shape index (κ1) is 15.5. The molecule has 110 valence electrons. The van der Waals surface area contributed by atoms with Crippen LogP contribution in [0.1, 0.15) is 11.1 Å². The Hall–Kier alpha value is -1.88. The molecule has 2 N–H and O–H groups in total. The molecule has 2 rings (SSSR count). The average Bonchev–Trinajstić information content (AvgIpc) is 2.48. The van der Waals surface area contributed by atoms with Crippen molar-refractivity contribution in [2.75, 3.05) is 11.9 Å². The van der Waals surface area contributed by atoms with Crippen LogP contribution in [0, 0.1) is 12.7 Å². The normalized spacial score (nSPS) is 10.2. The molecule has 5 heteroatoms. The zero-order valence-electron chi connectivity index (χ0n) is 11.6. The van der Waals surface area contributed by atoms with Gasteiger partial charge in [0, 0.05) is 16.7 Å². The van der Waals surface area contributed by atoms with Gasteiger partial charge in [-0.25, -0.2) is 4.39 Å². The van der Waals surface area contributed by atoms with Crippen LogP contribution < -0.4 is 10.6 Å². The Morgan fingerprint density at radius 1 is 1.19 bits per heavy atom. The first-order chi connectivity index (χ1) is 10.0. The van der Waals surface area contributed by atoms with Gasteiger partial charge in [0.05, 0.1) is 6.54 Å². The minimum Gasteiger partial charge on any atom is -0.376 e. The molecule has 1 amide bonds. The van der Waals surface area contributed by atoms with Crippen LogP contribution in [-0.4, -0.2) is 12.5 Å². The van der Waals surface area contributed by atoms with E-state index in [1.165, 1.54) is 12.1 Å². The Bertz CT molecular complexity index is 629. The number of carbonyl (C=O) groups is 1. The maximum Gasteiger partial charge on any atom is 0.239 e. The second-order valence-electron chi connectivity index (χ2n) is 4.72. The van der Waals surface area contributed by atoms with E-state index in [2.05, 4.69) is 26.6 Å². The largest absolute Gasteiger partial charge is 0.376 e. The van der Waals surface area contributed by atoms with Crippen LogP contribution in [0.15, 0.2) is 46.9 Å². The molecular weight excluding hydrogens is 335 g/mol. The quantitative estimate of drug-likeness (QED) is 0.864. The van der Waals surface area contributed by atoms with E-state index < -0.39 is 0 Å². The molecule has 0 aliphatic carbocycles. The Balaban J connectivity index is 1.79. The Morgan fingerprint density at radius 2 is 1.90 bits per heavy atom. The highest BCUT2D eigenvalue weighted by Crippen LogP contribution is 2.19. The van der Waals surface area contributed by atoms with E-state index in [1.54, 1.807) is 12.1 Å². The summed E-state index contributed by atoms with van der Waals surface area (Å²) in [5.74, 6) is -0.391. The van der Waals surface area contributed by atoms with Gasteiger partial charge in [0.1, 0.15) is 5.82 Å². The van der Waals surface area contributed by atoms with Gasteiger partial charge >= 0.3 is 0 Å².